The van der Waals surface area contributed by atoms with Crippen molar-refractivity contribution in [2.75, 3.05) is 68.2 Å². The van der Waals surface area contributed by atoms with E-state index in [1.54, 1.807) is 29.7 Å². The maximum Gasteiger partial charge on any atom is 0.152 e. The van der Waals surface area contributed by atoms with Crippen LogP contribution in [0.3, 0.4) is 0 Å². The highest BCUT2D eigenvalue weighted by molar-refractivity contribution is 6.36. The van der Waals surface area contributed by atoms with Crippen molar-refractivity contribution in [3.8, 4) is 11.3 Å². The van der Waals surface area contributed by atoms with Gasteiger partial charge in [0.2, 0.25) is 0 Å². The molecule has 3 aromatic heterocycles. The van der Waals surface area contributed by atoms with E-state index in [0.29, 0.717) is 40.5 Å². The number of pyridine rings is 1. The summed E-state index contributed by atoms with van der Waals surface area (Å²) in [4.78, 5) is 13.8. The zero-order valence-corrected chi connectivity index (χ0v) is 22.4. The third-order valence-electron chi connectivity index (χ3n) is 6.45. The number of rotatable bonds is 9. The van der Waals surface area contributed by atoms with Gasteiger partial charge in [0, 0.05) is 56.4 Å². The number of fused-ring (bicyclic) bond motifs is 1. The summed E-state index contributed by atoms with van der Waals surface area (Å²) in [5.41, 5.74) is 11.1. The Morgan fingerprint density at radius 1 is 1.00 bits per heavy atom. The molecule has 200 valence electrons. The minimum Gasteiger partial charge on any atom is -0.761 e. The molecule has 1 fully saturated rings. The van der Waals surface area contributed by atoms with Crippen LogP contribution in [0.15, 0.2) is 42.6 Å². The van der Waals surface area contributed by atoms with Crippen LogP contribution in [-0.2, 0) is 6.54 Å². The van der Waals surface area contributed by atoms with Gasteiger partial charge in [0.25, 0.3) is 0 Å². The molecule has 1 aliphatic heterocycles. The summed E-state index contributed by atoms with van der Waals surface area (Å²) in [5, 5.41) is 23.4. The van der Waals surface area contributed by atoms with Crippen LogP contribution in [0.4, 0.5) is 23.1 Å². The molecule has 0 radical (unpaired) electrons. The quantitative estimate of drug-likeness (QED) is 0.178. The molecule has 4 heterocycles. The van der Waals surface area contributed by atoms with Crippen molar-refractivity contribution in [1.29, 1.82) is 0 Å². The predicted molar refractivity (Wildman–Crippen MR) is 154 cm³/mol. The largest absolute Gasteiger partial charge is 0.761 e. The van der Waals surface area contributed by atoms with Gasteiger partial charge in [0.05, 0.1) is 28.3 Å². The summed E-state index contributed by atoms with van der Waals surface area (Å²) in [6, 6.07) is 10.7. The monoisotopic (exact) mass is 555 g/mol. The zero-order valence-electron chi connectivity index (χ0n) is 20.9. The van der Waals surface area contributed by atoms with E-state index in [9.17, 15) is 5.21 Å². The Hall–Kier alpha value is -3.35. The molecule has 38 heavy (non-hydrogen) atoms. The molecule has 1 aromatic carbocycles. The Morgan fingerprint density at radius 2 is 1.79 bits per heavy atom. The van der Waals surface area contributed by atoms with E-state index >= 15 is 0 Å². The van der Waals surface area contributed by atoms with E-state index in [0.717, 1.165) is 49.5 Å². The lowest BCUT2D eigenvalue weighted by atomic mass is 10.1. The number of nitrogens with zero attached hydrogens (tertiary/aromatic N) is 6. The molecule has 4 aromatic rings. The molecule has 5 rings (SSSR count). The van der Waals surface area contributed by atoms with E-state index in [4.69, 9.17) is 39.0 Å². The van der Waals surface area contributed by atoms with E-state index in [2.05, 4.69) is 38.5 Å². The first-order valence-electron chi connectivity index (χ1n) is 12.3. The van der Waals surface area contributed by atoms with Crippen LogP contribution in [0.5, 0.6) is 0 Å². The van der Waals surface area contributed by atoms with Gasteiger partial charge < -0.3 is 32.0 Å². The molecule has 13 heteroatoms. The Balaban J connectivity index is 1.37. The van der Waals surface area contributed by atoms with E-state index in [-0.39, 0.29) is 11.5 Å². The van der Waals surface area contributed by atoms with Gasteiger partial charge in [-0.3, -0.25) is 4.90 Å². The first-order valence-corrected chi connectivity index (χ1v) is 13.0. The average Bonchev–Trinajstić information content (AvgIpc) is 3.30. The first kappa shape index (κ1) is 26.3. The van der Waals surface area contributed by atoms with E-state index in [1.165, 1.54) is 0 Å². The van der Waals surface area contributed by atoms with Gasteiger partial charge in [0.15, 0.2) is 5.82 Å². The molecular weight excluding hydrogens is 527 g/mol. The minimum atomic E-state index is 0.140. The third kappa shape index (κ3) is 6.03. The number of likely N-dealkylation sites (N-methyl/N-ethyl adjacent to an activating group) is 1. The smallest absolute Gasteiger partial charge is 0.152 e. The highest BCUT2D eigenvalue weighted by Gasteiger charge is 2.18. The summed E-state index contributed by atoms with van der Waals surface area (Å²) >= 11 is 12.6. The van der Waals surface area contributed by atoms with Gasteiger partial charge in [0.1, 0.15) is 17.2 Å². The predicted octanol–water partition coefficient (Wildman–Crippen LogP) is 3.86. The molecule has 1 saturated heterocycles. The van der Waals surface area contributed by atoms with Crippen molar-refractivity contribution in [3.63, 3.8) is 0 Å². The average molecular weight is 556 g/mol. The van der Waals surface area contributed by atoms with Gasteiger partial charge in [-0.1, -0.05) is 23.2 Å². The normalized spacial score (nSPS) is 14.6. The van der Waals surface area contributed by atoms with E-state index < -0.39 is 0 Å². The van der Waals surface area contributed by atoms with Crippen LogP contribution >= 0.6 is 23.2 Å². The lowest BCUT2D eigenvalue weighted by Gasteiger charge is -2.31. The van der Waals surface area contributed by atoms with Crippen LogP contribution in [0.2, 0.25) is 10.0 Å². The number of nitrogen functional groups attached to an aromatic ring is 1. The molecule has 0 atom stereocenters. The second-order valence-electron chi connectivity index (χ2n) is 9.23. The summed E-state index contributed by atoms with van der Waals surface area (Å²) in [6.45, 7) is 5.97. The molecular formula is C25H29Cl2N10O-. The number of benzene rings is 1. The Morgan fingerprint density at radius 3 is 2.53 bits per heavy atom. The number of nitrogens with one attached hydrogen (secondary N) is 3. The van der Waals surface area contributed by atoms with Gasteiger partial charge in [-0.05, 0) is 43.4 Å². The van der Waals surface area contributed by atoms with Crippen molar-refractivity contribution in [2.45, 2.75) is 6.54 Å². The number of hydrogen-bond donors (Lipinski definition) is 4. The maximum absolute atomic E-state index is 10.8. The highest BCUT2D eigenvalue weighted by Crippen LogP contribution is 2.31. The minimum absolute atomic E-state index is 0.140. The summed E-state index contributed by atoms with van der Waals surface area (Å²) in [7, 11) is 2.15. The third-order valence-corrected chi connectivity index (χ3v) is 7.00. The molecule has 1 aliphatic rings. The second kappa shape index (κ2) is 11.6. The Bertz CT molecular complexity index is 1420. The second-order valence-corrected chi connectivity index (χ2v) is 10.1. The Labute approximate surface area is 230 Å². The van der Waals surface area contributed by atoms with Crippen LogP contribution in [0, 0.1) is 5.21 Å². The number of aromatic nitrogens is 4. The highest BCUT2D eigenvalue weighted by atomic mass is 35.5. The molecule has 0 bridgehead atoms. The summed E-state index contributed by atoms with van der Waals surface area (Å²) < 4.78 is 1.85. The van der Waals surface area contributed by atoms with Crippen molar-refractivity contribution >= 4 is 51.9 Å². The fraction of sp³-hybridized carbons (Fsp3) is 0.320. The van der Waals surface area contributed by atoms with Crippen molar-refractivity contribution in [3.05, 3.63) is 63.5 Å². The summed E-state index contributed by atoms with van der Waals surface area (Å²) in [5.74, 6) is 1.40. The summed E-state index contributed by atoms with van der Waals surface area (Å²) in [6.07, 6.45) is 1.89. The molecule has 11 nitrogen and oxygen atoms in total. The first-order chi connectivity index (χ1) is 18.4. The van der Waals surface area contributed by atoms with Crippen LogP contribution in [-0.4, -0.2) is 75.7 Å². The van der Waals surface area contributed by atoms with Gasteiger partial charge >= 0.3 is 0 Å². The maximum atomic E-state index is 10.8. The van der Waals surface area contributed by atoms with Crippen LogP contribution in [0.1, 0.15) is 5.69 Å². The van der Waals surface area contributed by atoms with Gasteiger partial charge in [-0.15, -0.1) is 0 Å². The lowest BCUT2D eigenvalue weighted by molar-refractivity contribution is 0.147. The molecule has 0 aliphatic carbocycles. The van der Waals surface area contributed by atoms with Crippen molar-refractivity contribution in [1.82, 2.24) is 29.4 Å². The Kier molecular flexibility index (Phi) is 8.01. The van der Waals surface area contributed by atoms with Crippen LogP contribution < -0.4 is 21.8 Å². The number of nitrogens with two attached hydrogens (primary N) is 1. The van der Waals surface area contributed by atoms with Crippen molar-refractivity contribution in [2.24, 2.45) is 0 Å². The molecule has 5 N–H and O–H groups in total. The topological polar surface area (TPSA) is 135 Å². The van der Waals surface area contributed by atoms with Gasteiger partial charge in [-0.25, -0.2) is 14.5 Å². The van der Waals surface area contributed by atoms with Gasteiger partial charge in [-0.2, -0.15) is 5.10 Å². The van der Waals surface area contributed by atoms with E-state index in [1.807, 2.05) is 16.8 Å². The fourth-order valence-electron chi connectivity index (χ4n) is 4.34. The number of anilines is 4. The number of piperazine rings is 1. The lowest BCUT2D eigenvalue weighted by Crippen LogP contribution is -2.43. The molecule has 0 unspecified atom stereocenters. The molecule has 0 saturated carbocycles. The standard InChI is InChI=1S/C25H29Cl2N10O/c1-35-8-10-36(11-9-35)14-17-13-22-25(30-7-6-29-23-5-4-20(34-38)24(28)32-23)31-21(15-37(22)33-17)18-3-2-16(26)12-19(18)27/h2-5,12-13,15,34H,6-11,14H2,1H3,(H,30,31)(H3,28,29,32)/q-1. The SMILES string of the molecule is CN1CCN(Cc2cc3c(NCCNc4ccc(N[O-])c(N)n4)nc(-c4ccc(Cl)cc4Cl)cn3n2)CC1. The number of hydrogen-bond acceptors (Lipinski definition) is 10. The number of halogens is 2. The zero-order chi connectivity index (χ0) is 26.6. The van der Waals surface area contributed by atoms with Crippen molar-refractivity contribution < 1.29 is 0 Å². The van der Waals surface area contributed by atoms with Crippen LogP contribution in [0.25, 0.3) is 16.8 Å². The molecule has 0 spiro atoms. The molecule has 0 amide bonds. The fourth-order valence-corrected chi connectivity index (χ4v) is 4.85.